The number of carbonyl (C=O) groups is 1. The Morgan fingerprint density at radius 2 is 1.81 bits per heavy atom. The number of anilines is 1. The van der Waals surface area contributed by atoms with E-state index in [2.05, 4.69) is 27.6 Å². The molecule has 2 aromatic carbocycles. The number of benzene rings is 2. The maximum Gasteiger partial charge on any atom is 0.272 e. The number of carbonyl (C=O) groups excluding carboxylic acids is 1. The molecule has 0 aliphatic carbocycles. The summed E-state index contributed by atoms with van der Waals surface area (Å²) in [6.07, 6.45) is 0. The Morgan fingerprint density at radius 1 is 1.12 bits per heavy atom. The van der Waals surface area contributed by atoms with Crippen LogP contribution in [0.1, 0.15) is 22.8 Å². The zero-order chi connectivity index (χ0) is 18.5. The summed E-state index contributed by atoms with van der Waals surface area (Å²) >= 11 is 11.9. The van der Waals surface area contributed by atoms with Gasteiger partial charge in [-0.15, -0.1) is 0 Å². The van der Waals surface area contributed by atoms with Crippen molar-refractivity contribution < 1.29 is 9.53 Å². The van der Waals surface area contributed by atoms with E-state index in [-0.39, 0.29) is 0 Å². The van der Waals surface area contributed by atoms with Crippen molar-refractivity contribution in [1.82, 2.24) is 5.43 Å². The molecule has 1 heterocycles. The van der Waals surface area contributed by atoms with Gasteiger partial charge in [-0.25, -0.2) is 5.43 Å². The molecule has 1 aliphatic rings. The molecule has 1 saturated heterocycles. The summed E-state index contributed by atoms with van der Waals surface area (Å²) < 4.78 is 5.37. The molecule has 3 rings (SSSR count). The van der Waals surface area contributed by atoms with E-state index in [1.165, 1.54) is 6.07 Å². The number of rotatable bonds is 4. The molecule has 0 unspecified atom stereocenters. The van der Waals surface area contributed by atoms with Crippen molar-refractivity contribution >= 4 is 40.5 Å². The molecular formula is C19H19Cl2N3O2. The molecule has 1 fully saturated rings. The molecular weight excluding hydrogens is 373 g/mol. The minimum atomic E-state index is -0.401. The van der Waals surface area contributed by atoms with Gasteiger partial charge >= 0.3 is 0 Å². The zero-order valence-corrected chi connectivity index (χ0v) is 15.8. The number of hydrogen-bond donors (Lipinski definition) is 1. The van der Waals surface area contributed by atoms with Crippen LogP contribution in [0.2, 0.25) is 10.0 Å². The maximum atomic E-state index is 12.2. The van der Waals surface area contributed by atoms with Gasteiger partial charge < -0.3 is 9.64 Å². The number of ether oxygens (including phenoxy) is 1. The molecule has 2 aromatic rings. The van der Waals surface area contributed by atoms with E-state index in [0.717, 1.165) is 37.6 Å². The molecule has 26 heavy (non-hydrogen) atoms. The Labute approximate surface area is 162 Å². The first-order valence-corrected chi connectivity index (χ1v) is 9.03. The summed E-state index contributed by atoms with van der Waals surface area (Å²) in [5.41, 5.74) is 5.59. The summed E-state index contributed by atoms with van der Waals surface area (Å²) in [7, 11) is 0. The third kappa shape index (κ3) is 4.55. The molecule has 1 amide bonds. The fourth-order valence-electron chi connectivity index (χ4n) is 2.67. The standard InChI is InChI=1S/C19H19Cl2N3O2/c1-13(22-23-19(25)17-12-15(20)4-7-18(17)21)14-2-5-16(6-3-14)24-8-10-26-11-9-24/h2-7,12H,8-11H2,1H3,(H,23,25). The molecule has 0 aromatic heterocycles. The van der Waals surface area contributed by atoms with Crippen molar-refractivity contribution in [2.45, 2.75) is 6.92 Å². The normalized spacial score (nSPS) is 15.0. The van der Waals surface area contributed by atoms with Crippen LogP contribution in [0, 0.1) is 0 Å². The minimum Gasteiger partial charge on any atom is -0.378 e. The zero-order valence-electron chi connectivity index (χ0n) is 14.3. The van der Waals surface area contributed by atoms with E-state index in [4.69, 9.17) is 27.9 Å². The second-order valence-corrected chi connectivity index (χ2v) is 6.75. The van der Waals surface area contributed by atoms with Crippen molar-refractivity contribution in [3.8, 4) is 0 Å². The molecule has 0 bridgehead atoms. The average molecular weight is 392 g/mol. The highest BCUT2D eigenvalue weighted by Crippen LogP contribution is 2.20. The fraction of sp³-hybridized carbons (Fsp3) is 0.263. The third-order valence-corrected chi connectivity index (χ3v) is 4.72. The predicted molar refractivity (Wildman–Crippen MR) is 106 cm³/mol. The van der Waals surface area contributed by atoms with Gasteiger partial charge in [0.25, 0.3) is 5.91 Å². The van der Waals surface area contributed by atoms with Gasteiger partial charge in [0.15, 0.2) is 0 Å². The van der Waals surface area contributed by atoms with Gasteiger partial charge in [-0.1, -0.05) is 35.3 Å². The first kappa shape index (κ1) is 18.7. The van der Waals surface area contributed by atoms with Crippen LogP contribution in [0.5, 0.6) is 0 Å². The molecule has 0 radical (unpaired) electrons. The Hall–Kier alpha value is -2.08. The topological polar surface area (TPSA) is 53.9 Å². The van der Waals surface area contributed by atoms with Gasteiger partial charge in [0.05, 0.1) is 29.5 Å². The molecule has 136 valence electrons. The number of halogens is 2. The quantitative estimate of drug-likeness (QED) is 0.633. The van der Waals surface area contributed by atoms with Crippen LogP contribution in [0.25, 0.3) is 0 Å². The smallest absolute Gasteiger partial charge is 0.272 e. The van der Waals surface area contributed by atoms with E-state index in [9.17, 15) is 4.79 Å². The molecule has 7 heteroatoms. The lowest BCUT2D eigenvalue weighted by Crippen LogP contribution is -2.36. The second-order valence-electron chi connectivity index (χ2n) is 5.91. The first-order valence-electron chi connectivity index (χ1n) is 8.27. The van der Waals surface area contributed by atoms with E-state index >= 15 is 0 Å². The van der Waals surface area contributed by atoms with Crippen LogP contribution < -0.4 is 10.3 Å². The largest absolute Gasteiger partial charge is 0.378 e. The highest BCUT2D eigenvalue weighted by molar-refractivity contribution is 6.35. The minimum absolute atomic E-state index is 0.290. The number of hydrazone groups is 1. The highest BCUT2D eigenvalue weighted by atomic mass is 35.5. The van der Waals surface area contributed by atoms with E-state index in [1.54, 1.807) is 12.1 Å². The fourth-order valence-corrected chi connectivity index (χ4v) is 3.04. The lowest BCUT2D eigenvalue weighted by Gasteiger charge is -2.28. The lowest BCUT2D eigenvalue weighted by molar-refractivity contribution is 0.0955. The first-order chi connectivity index (χ1) is 12.5. The molecule has 5 nitrogen and oxygen atoms in total. The Balaban J connectivity index is 1.67. The maximum absolute atomic E-state index is 12.2. The number of hydrogen-bond acceptors (Lipinski definition) is 4. The van der Waals surface area contributed by atoms with Crippen LogP contribution >= 0.6 is 23.2 Å². The number of nitrogens with zero attached hydrogens (tertiary/aromatic N) is 2. The van der Waals surface area contributed by atoms with Crippen LogP contribution in [0.3, 0.4) is 0 Å². The Kier molecular flexibility index (Phi) is 6.14. The van der Waals surface area contributed by atoms with Crippen molar-refractivity contribution in [2.24, 2.45) is 5.10 Å². The Bertz CT molecular complexity index is 816. The summed E-state index contributed by atoms with van der Waals surface area (Å²) in [6.45, 7) is 5.12. The number of amides is 1. The summed E-state index contributed by atoms with van der Waals surface area (Å²) in [5.74, 6) is -0.401. The van der Waals surface area contributed by atoms with Crippen molar-refractivity contribution in [1.29, 1.82) is 0 Å². The summed E-state index contributed by atoms with van der Waals surface area (Å²) in [4.78, 5) is 14.5. The van der Waals surface area contributed by atoms with E-state index < -0.39 is 5.91 Å². The van der Waals surface area contributed by atoms with Crippen LogP contribution in [-0.2, 0) is 4.74 Å². The van der Waals surface area contributed by atoms with Gasteiger partial charge in [-0.3, -0.25) is 4.79 Å². The van der Waals surface area contributed by atoms with Gasteiger partial charge in [-0.2, -0.15) is 5.10 Å². The van der Waals surface area contributed by atoms with Crippen molar-refractivity contribution in [3.05, 3.63) is 63.6 Å². The number of nitrogens with one attached hydrogen (secondary N) is 1. The average Bonchev–Trinajstić information content (AvgIpc) is 2.68. The van der Waals surface area contributed by atoms with Crippen LogP contribution in [0.4, 0.5) is 5.69 Å². The van der Waals surface area contributed by atoms with Gasteiger partial charge in [0, 0.05) is 23.8 Å². The van der Waals surface area contributed by atoms with Gasteiger partial charge in [-0.05, 0) is 42.8 Å². The van der Waals surface area contributed by atoms with Crippen LogP contribution in [-0.4, -0.2) is 37.9 Å². The van der Waals surface area contributed by atoms with Gasteiger partial charge in [0.1, 0.15) is 0 Å². The summed E-state index contributed by atoms with van der Waals surface area (Å²) in [6, 6.07) is 12.8. The monoisotopic (exact) mass is 391 g/mol. The predicted octanol–water partition coefficient (Wildman–Crippen LogP) is 3.98. The second kappa shape index (κ2) is 8.54. The Morgan fingerprint density at radius 3 is 2.50 bits per heavy atom. The molecule has 1 aliphatic heterocycles. The van der Waals surface area contributed by atoms with Crippen molar-refractivity contribution in [2.75, 3.05) is 31.2 Å². The molecule has 1 N–H and O–H groups in total. The summed E-state index contributed by atoms with van der Waals surface area (Å²) in [5, 5.41) is 4.94. The van der Waals surface area contributed by atoms with Crippen LogP contribution in [0.15, 0.2) is 47.6 Å². The molecule has 0 spiro atoms. The third-order valence-electron chi connectivity index (χ3n) is 4.16. The van der Waals surface area contributed by atoms with E-state index in [0.29, 0.717) is 21.3 Å². The van der Waals surface area contributed by atoms with E-state index in [1.807, 2.05) is 19.1 Å². The molecule has 0 saturated carbocycles. The van der Waals surface area contributed by atoms with Crippen molar-refractivity contribution in [3.63, 3.8) is 0 Å². The SMILES string of the molecule is CC(=NNC(=O)c1cc(Cl)ccc1Cl)c1ccc(N2CCOCC2)cc1. The lowest BCUT2D eigenvalue weighted by atomic mass is 10.1. The molecule has 0 atom stereocenters. The number of morpholine rings is 1. The highest BCUT2D eigenvalue weighted by Gasteiger charge is 2.12. The van der Waals surface area contributed by atoms with Gasteiger partial charge in [0.2, 0.25) is 0 Å².